The van der Waals surface area contributed by atoms with Crippen molar-refractivity contribution >= 4 is 21.4 Å². The van der Waals surface area contributed by atoms with Gasteiger partial charge in [0.15, 0.2) is 0 Å². The predicted octanol–water partition coefficient (Wildman–Crippen LogP) is 3.41. The van der Waals surface area contributed by atoms with E-state index in [1.54, 1.807) is 6.33 Å². The average Bonchev–Trinajstić information content (AvgIpc) is 3.12. The van der Waals surface area contributed by atoms with Gasteiger partial charge in [-0.1, -0.05) is 25.1 Å². The van der Waals surface area contributed by atoms with E-state index in [0.29, 0.717) is 6.04 Å². The van der Waals surface area contributed by atoms with Gasteiger partial charge in [0, 0.05) is 28.6 Å². The Labute approximate surface area is 128 Å². The maximum atomic E-state index is 4.40. The zero-order chi connectivity index (χ0) is 14.7. The zero-order valence-corrected chi connectivity index (χ0v) is 13.2. The van der Waals surface area contributed by atoms with Crippen LogP contribution < -0.4 is 5.32 Å². The smallest absolute Gasteiger partial charge is 0.138 e. The third kappa shape index (κ3) is 2.99. The first-order chi connectivity index (χ1) is 10.3. The van der Waals surface area contributed by atoms with Gasteiger partial charge in [0.05, 0.1) is 0 Å². The first-order valence-corrected chi connectivity index (χ1v) is 8.22. The van der Waals surface area contributed by atoms with Crippen LogP contribution in [0, 0.1) is 0 Å². The summed E-state index contributed by atoms with van der Waals surface area (Å²) in [5.74, 6) is 1.04. The minimum atomic E-state index is 0.293. The van der Waals surface area contributed by atoms with Crippen molar-refractivity contribution in [2.24, 2.45) is 0 Å². The third-order valence-corrected chi connectivity index (χ3v) is 4.85. The highest BCUT2D eigenvalue weighted by Gasteiger charge is 2.17. The van der Waals surface area contributed by atoms with Crippen LogP contribution in [0.3, 0.4) is 0 Å². The second kappa shape index (κ2) is 6.37. The van der Waals surface area contributed by atoms with Gasteiger partial charge in [0.1, 0.15) is 12.2 Å². The van der Waals surface area contributed by atoms with Crippen molar-refractivity contribution in [2.45, 2.75) is 32.9 Å². The number of aromatic nitrogens is 3. The van der Waals surface area contributed by atoms with Gasteiger partial charge >= 0.3 is 0 Å². The highest BCUT2D eigenvalue weighted by molar-refractivity contribution is 7.19. The lowest BCUT2D eigenvalue weighted by Crippen LogP contribution is -2.23. The minimum absolute atomic E-state index is 0.293. The van der Waals surface area contributed by atoms with Crippen molar-refractivity contribution < 1.29 is 0 Å². The van der Waals surface area contributed by atoms with Crippen LogP contribution in [0.1, 0.15) is 30.6 Å². The molecule has 0 bridgehead atoms. The molecule has 1 aromatic carbocycles. The first kappa shape index (κ1) is 14.2. The molecule has 0 aliphatic heterocycles. The number of fused-ring (bicyclic) bond motifs is 1. The average molecular weight is 300 g/mol. The van der Waals surface area contributed by atoms with E-state index in [2.05, 4.69) is 59.6 Å². The summed E-state index contributed by atoms with van der Waals surface area (Å²) in [5.41, 5.74) is 0. The SMILES string of the molecule is CCNC(Cc1ncnn1CC)c1cc2ccccc2s1. The van der Waals surface area contributed by atoms with E-state index in [0.717, 1.165) is 25.3 Å². The Kier molecular flexibility index (Phi) is 4.31. The molecule has 0 aliphatic carbocycles. The van der Waals surface area contributed by atoms with Crippen LogP contribution >= 0.6 is 11.3 Å². The molecule has 2 heterocycles. The van der Waals surface area contributed by atoms with Gasteiger partial charge in [0.2, 0.25) is 0 Å². The Morgan fingerprint density at radius 3 is 2.90 bits per heavy atom. The molecule has 0 amide bonds. The molecular formula is C16H20N4S. The maximum Gasteiger partial charge on any atom is 0.138 e. The van der Waals surface area contributed by atoms with E-state index < -0.39 is 0 Å². The van der Waals surface area contributed by atoms with Crippen LogP contribution in [-0.4, -0.2) is 21.3 Å². The number of hydrogen-bond donors (Lipinski definition) is 1. The largest absolute Gasteiger partial charge is 0.309 e. The summed E-state index contributed by atoms with van der Waals surface area (Å²) in [6, 6.07) is 11.1. The molecule has 3 aromatic rings. The summed E-state index contributed by atoms with van der Waals surface area (Å²) in [5, 5.41) is 9.16. The van der Waals surface area contributed by atoms with Gasteiger partial charge in [-0.05, 0) is 31.0 Å². The van der Waals surface area contributed by atoms with E-state index in [4.69, 9.17) is 0 Å². The molecule has 0 fully saturated rings. The molecular weight excluding hydrogens is 280 g/mol. The highest BCUT2D eigenvalue weighted by atomic mass is 32.1. The summed E-state index contributed by atoms with van der Waals surface area (Å²) in [6.07, 6.45) is 2.52. The maximum absolute atomic E-state index is 4.40. The molecule has 0 aliphatic rings. The Morgan fingerprint density at radius 2 is 2.14 bits per heavy atom. The lowest BCUT2D eigenvalue weighted by atomic mass is 10.1. The van der Waals surface area contributed by atoms with Crippen LogP contribution in [0.5, 0.6) is 0 Å². The van der Waals surface area contributed by atoms with E-state index in [-0.39, 0.29) is 0 Å². The number of nitrogens with one attached hydrogen (secondary N) is 1. The Morgan fingerprint density at radius 1 is 1.29 bits per heavy atom. The van der Waals surface area contributed by atoms with Crippen molar-refractivity contribution in [1.82, 2.24) is 20.1 Å². The fourth-order valence-corrected chi connectivity index (χ4v) is 3.73. The molecule has 0 saturated carbocycles. The summed E-state index contributed by atoms with van der Waals surface area (Å²) in [4.78, 5) is 5.77. The van der Waals surface area contributed by atoms with Crippen molar-refractivity contribution in [1.29, 1.82) is 0 Å². The lowest BCUT2D eigenvalue weighted by molar-refractivity contribution is 0.515. The molecule has 0 saturated heterocycles. The molecule has 1 unspecified atom stereocenters. The molecule has 0 radical (unpaired) electrons. The number of hydrogen-bond acceptors (Lipinski definition) is 4. The lowest BCUT2D eigenvalue weighted by Gasteiger charge is -2.16. The van der Waals surface area contributed by atoms with Gasteiger partial charge in [-0.15, -0.1) is 11.3 Å². The molecule has 21 heavy (non-hydrogen) atoms. The topological polar surface area (TPSA) is 42.7 Å². The molecule has 2 aromatic heterocycles. The molecule has 0 spiro atoms. The summed E-state index contributed by atoms with van der Waals surface area (Å²) in [6.45, 7) is 6.05. The minimum Gasteiger partial charge on any atom is -0.309 e. The van der Waals surface area contributed by atoms with Crippen molar-refractivity contribution in [2.75, 3.05) is 6.54 Å². The van der Waals surface area contributed by atoms with E-state index >= 15 is 0 Å². The molecule has 1 N–H and O–H groups in total. The highest BCUT2D eigenvalue weighted by Crippen LogP contribution is 2.31. The summed E-state index contributed by atoms with van der Waals surface area (Å²) >= 11 is 1.86. The monoisotopic (exact) mass is 300 g/mol. The van der Waals surface area contributed by atoms with Crippen molar-refractivity contribution in [3.8, 4) is 0 Å². The van der Waals surface area contributed by atoms with E-state index in [1.807, 2.05) is 16.0 Å². The Hall–Kier alpha value is -1.72. The van der Waals surface area contributed by atoms with Crippen LogP contribution in [0.4, 0.5) is 0 Å². The van der Waals surface area contributed by atoms with Gasteiger partial charge in [-0.2, -0.15) is 5.10 Å². The molecule has 5 heteroatoms. The van der Waals surface area contributed by atoms with E-state index in [9.17, 15) is 0 Å². The van der Waals surface area contributed by atoms with Gasteiger partial charge in [-0.3, -0.25) is 4.68 Å². The molecule has 1 atom stereocenters. The fourth-order valence-electron chi connectivity index (χ4n) is 2.59. The quantitative estimate of drug-likeness (QED) is 0.758. The molecule has 4 nitrogen and oxygen atoms in total. The van der Waals surface area contributed by atoms with E-state index in [1.165, 1.54) is 15.0 Å². The standard InChI is InChI=1S/C16H20N4S/c1-3-17-13(10-16-18-11-19-20(16)4-2)15-9-12-7-5-6-8-14(12)21-15/h5-9,11,13,17H,3-4,10H2,1-2H3. The van der Waals surface area contributed by atoms with Crippen LogP contribution in [0.25, 0.3) is 10.1 Å². The molecule has 3 rings (SSSR count). The van der Waals surface area contributed by atoms with Crippen molar-refractivity contribution in [3.63, 3.8) is 0 Å². The fraction of sp³-hybridized carbons (Fsp3) is 0.375. The van der Waals surface area contributed by atoms with Crippen molar-refractivity contribution in [3.05, 3.63) is 47.4 Å². The number of aryl methyl sites for hydroxylation is 1. The number of nitrogens with zero attached hydrogens (tertiary/aromatic N) is 3. The second-order valence-electron chi connectivity index (χ2n) is 4.99. The van der Waals surface area contributed by atoms with Crippen LogP contribution in [0.15, 0.2) is 36.7 Å². The molecule has 110 valence electrons. The summed E-state index contributed by atoms with van der Waals surface area (Å²) < 4.78 is 3.31. The normalized spacial score (nSPS) is 12.9. The third-order valence-electron chi connectivity index (χ3n) is 3.62. The first-order valence-electron chi connectivity index (χ1n) is 7.40. The number of thiophene rings is 1. The van der Waals surface area contributed by atoms with Gasteiger partial charge < -0.3 is 5.32 Å². The van der Waals surface area contributed by atoms with Crippen LogP contribution in [-0.2, 0) is 13.0 Å². The second-order valence-corrected chi connectivity index (χ2v) is 6.11. The number of benzene rings is 1. The van der Waals surface area contributed by atoms with Gasteiger partial charge in [0.25, 0.3) is 0 Å². The predicted molar refractivity (Wildman–Crippen MR) is 87.6 cm³/mol. The Bertz CT molecular complexity index is 683. The Balaban J connectivity index is 1.90. The summed E-state index contributed by atoms with van der Waals surface area (Å²) in [7, 11) is 0. The van der Waals surface area contributed by atoms with Gasteiger partial charge in [-0.25, -0.2) is 4.98 Å². The van der Waals surface area contributed by atoms with Crippen LogP contribution in [0.2, 0.25) is 0 Å². The zero-order valence-electron chi connectivity index (χ0n) is 12.4. The number of likely N-dealkylation sites (N-methyl/N-ethyl adjacent to an activating group) is 1. The number of rotatable bonds is 6.